The lowest BCUT2D eigenvalue weighted by molar-refractivity contribution is 0.934. The minimum Gasteiger partial charge on any atom is -0.285 e. The van der Waals surface area contributed by atoms with Crippen LogP contribution in [0.4, 0.5) is 5.69 Å². The Morgan fingerprint density at radius 2 is 1.53 bits per heavy atom. The molecule has 0 heterocycles. The summed E-state index contributed by atoms with van der Waals surface area (Å²) in [5.41, 5.74) is 2.97. The molecule has 1 aromatic carbocycles. The van der Waals surface area contributed by atoms with Gasteiger partial charge in [0.1, 0.15) is 0 Å². The van der Waals surface area contributed by atoms with E-state index in [-0.39, 0.29) is 0 Å². The fourth-order valence-corrected chi connectivity index (χ4v) is 1.53. The van der Waals surface area contributed by atoms with Gasteiger partial charge in [0.2, 0.25) is 0 Å². The van der Waals surface area contributed by atoms with Gasteiger partial charge in [0, 0.05) is 6.54 Å². The van der Waals surface area contributed by atoms with Crippen LogP contribution >= 0.6 is 0 Å². The standard InChI is InChI=1S/C15H16N2/c1-2-12-16-13-8-10-15(11-9-13)17-14-6-4-3-5-7-14/h3-11H,2,12H2,1H3. The summed E-state index contributed by atoms with van der Waals surface area (Å²) in [5.74, 6) is 0. The Labute approximate surface area is 102 Å². The SMILES string of the molecule is CCCN=C1C=CC(=Nc2ccccc2)C=C1. The monoisotopic (exact) mass is 224 g/mol. The molecule has 0 aromatic heterocycles. The van der Waals surface area contributed by atoms with Gasteiger partial charge < -0.3 is 0 Å². The summed E-state index contributed by atoms with van der Waals surface area (Å²) in [4.78, 5) is 8.95. The van der Waals surface area contributed by atoms with E-state index < -0.39 is 0 Å². The summed E-state index contributed by atoms with van der Waals surface area (Å²) in [6.45, 7) is 3.01. The number of allylic oxidation sites excluding steroid dienone is 4. The third kappa shape index (κ3) is 3.52. The molecule has 1 aromatic rings. The van der Waals surface area contributed by atoms with Crippen LogP contribution in [0.25, 0.3) is 0 Å². The summed E-state index contributed by atoms with van der Waals surface area (Å²) in [6.07, 6.45) is 9.11. The van der Waals surface area contributed by atoms with Crippen molar-refractivity contribution in [1.82, 2.24) is 0 Å². The highest BCUT2D eigenvalue weighted by Crippen LogP contribution is 2.12. The molecule has 2 heteroatoms. The van der Waals surface area contributed by atoms with E-state index in [4.69, 9.17) is 0 Å². The van der Waals surface area contributed by atoms with E-state index in [0.29, 0.717) is 0 Å². The first-order chi connectivity index (χ1) is 8.38. The quantitative estimate of drug-likeness (QED) is 0.699. The highest BCUT2D eigenvalue weighted by molar-refractivity contribution is 6.18. The van der Waals surface area contributed by atoms with Gasteiger partial charge in [-0.2, -0.15) is 0 Å². The van der Waals surface area contributed by atoms with E-state index in [9.17, 15) is 0 Å². The fourth-order valence-electron chi connectivity index (χ4n) is 1.53. The first kappa shape index (κ1) is 11.5. The number of hydrogen-bond donors (Lipinski definition) is 0. The molecular formula is C15H16N2. The number of benzene rings is 1. The lowest BCUT2D eigenvalue weighted by atomic mass is 10.1. The predicted octanol–water partition coefficient (Wildman–Crippen LogP) is 3.74. The van der Waals surface area contributed by atoms with Gasteiger partial charge in [-0.05, 0) is 42.9 Å². The minimum atomic E-state index is 0.884. The summed E-state index contributed by atoms with van der Waals surface area (Å²) in [6, 6.07) is 9.96. The zero-order valence-corrected chi connectivity index (χ0v) is 10.0. The molecule has 0 fully saturated rings. The number of nitrogens with zero attached hydrogens (tertiary/aromatic N) is 2. The number of para-hydroxylation sites is 1. The van der Waals surface area contributed by atoms with E-state index in [1.54, 1.807) is 0 Å². The van der Waals surface area contributed by atoms with E-state index in [2.05, 4.69) is 16.9 Å². The lowest BCUT2D eigenvalue weighted by Gasteiger charge is -2.02. The van der Waals surface area contributed by atoms with Gasteiger partial charge in [0.05, 0.1) is 17.1 Å². The molecule has 86 valence electrons. The molecule has 0 spiro atoms. The molecule has 0 saturated carbocycles. The lowest BCUT2D eigenvalue weighted by Crippen LogP contribution is -2.00. The molecule has 0 aliphatic heterocycles. The van der Waals surface area contributed by atoms with Gasteiger partial charge >= 0.3 is 0 Å². The molecule has 0 amide bonds. The molecule has 1 aliphatic carbocycles. The Morgan fingerprint density at radius 3 is 2.18 bits per heavy atom. The largest absolute Gasteiger partial charge is 0.285 e. The average Bonchev–Trinajstić information content (AvgIpc) is 2.39. The molecule has 0 unspecified atom stereocenters. The van der Waals surface area contributed by atoms with E-state index in [1.165, 1.54) is 0 Å². The van der Waals surface area contributed by atoms with E-state index >= 15 is 0 Å². The normalized spacial score (nSPS) is 13.9. The van der Waals surface area contributed by atoms with Gasteiger partial charge in [0.15, 0.2) is 0 Å². The van der Waals surface area contributed by atoms with Crippen LogP contribution in [0.3, 0.4) is 0 Å². The van der Waals surface area contributed by atoms with Crippen molar-refractivity contribution in [3.63, 3.8) is 0 Å². The first-order valence-corrected chi connectivity index (χ1v) is 5.93. The summed E-state index contributed by atoms with van der Waals surface area (Å²) >= 11 is 0. The first-order valence-electron chi connectivity index (χ1n) is 5.93. The maximum atomic E-state index is 4.52. The Balaban J connectivity index is 2.08. The molecule has 0 bridgehead atoms. The molecule has 2 nitrogen and oxygen atoms in total. The van der Waals surface area contributed by atoms with Crippen molar-refractivity contribution in [2.75, 3.05) is 6.54 Å². The van der Waals surface area contributed by atoms with Gasteiger partial charge in [-0.3, -0.25) is 4.99 Å². The van der Waals surface area contributed by atoms with Crippen molar-refractivity contribution in [1.29, 1.82) is 0 Å². The number of rotatable bonds is 3. The van der Waals surface area contributed by atoms with Crippen molar-refractivity contribution in [3.8, 4) is 0 Å². The third-order valence-electron chi connectivity index (χ3n) is 2.38. The Kier molecular flexibility index (Phi) is 4.03. The van der Waals surface area contributed by atoms with Crippen LogP contribution in [-0.4, -0.2) is 18.0 Å². The Bertz CT molecular complexity index is 461. The summed E-state index contributed by atoms with van der Waals surface area (Å²) in [7, 11) is 0. The van der Waals surface area contributed by atoms with Crippen molar-refractivity contribution in [2.45, 2.75) is 13.3 Å². The van der Waals surface area contributed by atoms with Gasteiger partial charge in [-0.25, -0.2) is 4.99 Å². The smallest absolute Gasteiger partial charge is 0.0638 e. The molecule has 0 radical (unpaired) electrons. The molecule has 2 rings (SSSR count). The highest BCUT2D eigenvalue weighted by Gasteiger charge is 1.98. The van der Waals surface area contributed by atoms with Gasteiger partial charge in [-0.15, -0.1) is 0 Å². The summed E-state index contributed by atoms with van der Waals surface area (Å²) in [5, 5.41) is 0. The van der Waals surface area contributed by atoms with Gasteiger partial charge in [0.25, 0.3) is 0 Å². The van der Waals surface area contributed by atoms with Crippen LogP contribution in [0.1, 0.15) is 13.3 Å². The fraction of sp³-hybridized carbons (Fsp3) is 0.200. The number of aliphatic imine (C=N–C) groups is 2. The molecule has 0 saturated heterocycles. The van der Waals surface area contributed by atoms with Crippen molar-refractivity contribution in [2.24, 2.45) is 9.98 Å². The number of hydrogen-bond acceptors (Lipinski definition) is 2. The molecule has 0 N–H and O–H groups in total. The van der Waals surface area contributed by atoms with Crippen LogP contribution < -0.4 is 0 Å². The molecule has 0 atom stereocenters. The highest BCUT2D eigenvalue weighted by atomic mass is 14.7. The minimum absolute atomic E-state index is 0.884. The van der Waals surface area contributed by atoms with Crippen molar-refractivity contribution >= 4 is 17.1 Å². The average molecular weight is 224 g/mol. The summed E-state index contributed by atoms with van der Waals surface area (Å²) < 4.78 is 0. The second-order valence-corrected chi connectivity index (χ2v) is 3.85. The Morgan fingerprint density at radius 1 is 0.882 bits per heavy atom. The maximum Gasteiger partial charge on any atom is 0.0638 e. The third-order valence-corrected chi connectivity index (χ3v) is 2.38. The predicted molar refractivity (Wildman–Crippen MR) is 74.4 cm³/mol. The topological polar surface area (TPSA) is 24.7 Å². The van der Waals surface area contributed by atoms with E-state index in [0.717, 1.165) is 30.1 Å². The van der Waals surface area contributed by atoms with Crippen LogP contribution in [0.2, 0.25) is 0 Å². The second kappa shape index (κ2) is 5.94. The van der Waals surface area contributed by atoms with Crippen LogP contribution in [0, 0.1) is 0 Å². The molecule has 1 aliphatic rings. The Hall–Kier alpha value is -1.96. The molecule has 17 heavy (non-hydrogen) atoms. The van der Waals surface area contributed by atoms with Crippen LogP contribution in [0.5, 0.6) is 0 Å². The molecular weight excluding hydrogens is 208 g/mol. The van der Waals surface area contributed by atoms with Crippen molar-refractivity contribution in [3.05, 3.63) is 54.6 Å². The van der Waals surface area contributed by atoms with Gasteiger partial charge in [-0.1, -0.05) is 25.1 Å². The van der Waals surface area contributed by atoms with Crippen LogP contribution in [0.15, 0.2) is 64.6 Å². The zero-order valence-electron chi connectivity index (χ0n) is 10.0. The zero-order chi connectivity index (χ0) is 11.9. The maximum absolute atomic E-state index is 4.52. The van der Waals surface area contributed by atoms with E-state index in [1.807, 2.05) is 54.6 Å². The van der Waals surface area contributed by atoms with Crippen molar-refractivity contribution < 1.29 is 0 Å². The van der Waals surface area contributed by atoms with Crippen LogP contribution in [-0.2, 0) is 0 Å². The second-order valence-electron chi connectivity index (χ2n) is 3.85.